The van der Waals surface area contributed by atoms with E-state index in [9.17, 15) is 0 Å². The minimum absolute atomic E-state index is 0. The molecule has 0 saturated carbocycles. The maximum Gasteiger partial charge on any atom is 0.215 e. The topological polar surface area (TPSA) is 116 Å². The second-order valence-electron chi connectivity index (χ2n) is 4.62. The zero-order chi connectivity index (χ0) is 15.4. The summed E-state index contributed by atoms with van der Waals surface area (Å²) in [4.78, 5) is 4.25. The smallest absolute Gasteiger partial charge is 0.215 e. The lowest BCUT2D eigenvalue weighted by atomic mass is 10.3. The molecule has 0 bridgehead atoms. The molecule has 2 aromatic rings. The Hall–Kier alpha value is -2.06. The van der Waals surface area contributed by atoms with Crippen LogP contribution < -0.4 is 26.8 Å². The molecule has 0 unspecified atom stereocenters. The Balaban J connectivity index is 0.00000242. The van der Waals surface area contributed by atoms with E-state index < -0.39 is 0 Å². The molecule has 0 spiro atoms. The van der Waals surface area contributed by atoms with Crippen LogP contribution in [0.25, 0.3) is 0 Å². The average molecular weight is 364 g/mol. The van der Waals surface area contributed by atoms with Gasteiger partial charge in [0.2, 0.25) is 5.88 Å². The number of nitrogens with one attached hydrogen (secondary N) is 2. The summed E-state index contributed by atoms with van der Waals surface area (Å²) in [5.74, 6) is 1.93. The Morgan fingerprint density at radius 1 is 1.17 bits per heavy atom. The SMILES string of the molecule is COc1ccc(N)c(NCCNc2c(N)c(C)nn2C)n1.Cl.Cl. The lowest BCUT2D eigenvalue weighted by Gasteiger charge is -2.11. The van der Waals surface area contributed by atoms with Crippen molar-refractivity contribution >= 4 is 47.8 Å². The largest absolute Gasteiger partial charge is 0.481 e. The fourth-order valence-electron chi connectivity index (χ4n) is 1.95. The van der Waals surface area contributed by atoms with E-state index in [0.717, 1.165) is 11.5 Å². The van der Waals surface area contributed by atoms with Crippen LogP contribution in [0.2, 0.25) is 0 Å². The molecule has 0 aliphatic heterocycles. The second-order valence-corrected chi connectivity index (χ2v) is 4.62. The summed E-state index contributed by atoms with van der Waals surface area (Å²) < 4.78 is 6.79. The zero-order valence-corrected chi connectivity index (χ0v) is 14.9. The van der Waals surface area contributed by atoms with E-state index in [-0.39, 0.29) is 24.8 Å². The van der Waals surface area contributed by atoms with E-state index in [2.05, 4.69) is 20.7 Å². The molecular weight excluding hydrogens is 341 g/mol. The summed E-state index contributed by atoms with van der Waals surface area (Å²) in [6.07, 6.45) is 0. The van der Waals surface area contributed by atoms with Gasteiger partial charge < -0.3 is 26.8 Å². The summed E-state index contributed by atoms with van der Waals surface area (Å²) in [5.41, 5.74) is 13.8. The van der Waals surface area contributed by atoms with Crippen molar-refractivity contribution < 1.29 is 4.74 Å². The lowest BCUT2D eigenvalue weighted by Crippen LogP contribution is -2.17. The van der Waals surface area contributed by atoms with Crippen LogP contribution in [0.1, 0.15) is 5.69 Å². The van der Waals surface area contributed by atoms with Gasteiger partial charge in [0, 0.05) is 26.2 Å². The number of nitrogens with two attached hydrogens (primary N) is 2. The van der Waals surface area contributed by atoms with Crippen molar-refractivity contribution in [1.82, 2.24) is 14.8 Å². The Labute approximate surface area is 147 Å². The third-order valence-corrected chi connectivity index (χ3v) is 3.09. The maximum atomic E-state index is 5.94. The minimum atomic E-state index is 0. The Morgan fingerprint density at radius 2 is 1.83 bits per heavy atom. The highest BCUT2D eigenvalue weighted by atomic mass is 35.5. The van der Waals surface area contributed by atoms with E-state index in [1.165, 1.54) is 0 Å². The van der Waals surface area contributed by atoms with Crippen LogP contribution in [0.15, 0.2) is 12.1 Å². The van der Waals surface area contributed by atoms with E-state index in [4.69, 9.17) is 16.2 Å². The molecule has 0 aliphatic carbocycles. The fraction of sp³-hybridized carbons (Fsp3) is 0.385. The highest BCUT2D eigenvalue weighted by molar-refractivity contribution is 5.85. The van der Waals surface area contributed by atoms with Gasteiger partial charge in [0.05, 0.1) is 24.2 Å². The summed E-state index contributed by atoms with van der Waals surface area (Å²) in [6, 6.07) is 3.47. The quantitative estimate of drug-likeness (QED) is 0.576. The van der Waals surface area contributed by atoms with Gasteiger partial charge in [0.15, 0.2) is 5.82 Å². The van der Waals surface area contributed by atoms with E-state index in [0.29, 0.717) is 36.2 Å². The molecule has 2 heterocycles. The van der Waals surface area contributed by atoms with Crippen molar-refractivity contribution in [3.05, 3.63) is 17.8 Å². The number of ether oxygens (including phenoxy) is 1. The number of hydrogen-bond acceptors (Lipinski definition) is 7. The van der Waals surface area contributed by atoms with E-state index in [1.54, 1.807) is 23.9 Å². The Morgan fingerprint density at radius 3 is 2.39 bits per heavy atom. The molecule has 2 aromatic heterocycles. The predicted molar refractivity (Wildman–Crippen MR) is 99.0 cm³/mol. The number of nitrogens with zero attached hydrogens (tertiary/aromatic N) is 3. The van der Waals surface area contributed by atoms with Crippen LogP contribution in [-0.2, 0) is 7.05 Å². The molecule has 2 rings (SSSR count). The monoisotopic (exact) mass is 363 g/mol. The van der Waals surface area contributed by atoms with E-state index in [1.807, 2.05) is 14.0 Å². The first-order valence-electron chi connectivity index (χ1n) is 6.60. The highest BCUT2D eigenvalue weighted by Gasteiger charge is 2.09. The van der Waals surface area contributed by atoms with Crippen molar-refractivity contribution in [1.29, 1.82) is 0 Å². The van der Waals surface area contributed by atoms with Gasteiger partial charge in [-0.15, -0.1) is 24.8 Å². The zero-order valence-electron chi connectivity index (χ0n) is 13.3. The van der Waals surface area contributed by atoms with Crippen LogP contribution in [-0.4, -0.2) is 35.0 Å². The second kappa shape index (κ2) is 9.16. The molecule has 0 atom stereocenters. The first-order chi connectivity index (χ1) is 10.0. The first-order valence-corrected chi connectivity index (χ1v) is 6.60. The molecule has 0 amide bonds. The van der Waals surface area contributed by atoms with Crippen LogP contribution in [0, 0.1) is 6.92 Å². The summed E-state index contributed by atoms with van der Waals surface area (Å²) in [7, 11) is 3.41. The van der Waals surface area contributed by atoms with Crippen LogP contribution in [0.3, 0.4) is 0 Å². The molecule has 10 heteroatoms. The third-order valence-electron chi connectivity index (χ3n) is 3.09. The Bertz CT molecular complexity index is 633. The molecule has 23 heavy (non-hydrogen) atoms. The van der Waals surface area contributed by atoms with Gasteiger partial charge in [0.1, 0.15) is 5.82 Å². The molecule has 130 valence electrons. The van der Waals surface area contributed by atoms with Gasteiger partial charge in [-0.2, -0.15) is 10.1 Å². The van der Waals surface area contributed by atoms with Gasteiger partial charge in [-0.3, -0.25) is 4.68 Å². The fourth-order valence-corrected chi connectivity index (χ4v) is 1.95. The molecule has 8 nitrogen and oxygen atoms in total. The van der Waals surface area contributed by atoms with Crippen molar-refractivity contribution in [3.8, 4) is 5.88 Å². The molecule has 0 fully saturated rings. The standard InChI is InChI=1S/C13H21N7O.2ClH/c1-8-11(15)13(20(2)19-8)17-7-6-16-12-9(14)4-5-10(18-12)21-3;;/h4-5,17H,6-7,14-15H2,1-3H3,(H,16,18);2*1H. The van der Waals surface area contributed by atoms with Gasteiger partial charge in [-0.25, -0.2) is 0 Å². The van der Waals surface area contributed by atoms with Crippen molar-refractivity contribution in [3.63, 3.8) is 0 Å². The van der Waals surface area contributed by atoms with Crippen molar-refractivity contribution in [2.45, 2.75) is 6.92 Å². The van der Waals surface area contributed by atoms with Crippen molar-refractivity contribution in [2.24, 2.45) is 7.05 Å². The minimum Gasteiger partial charge on any atom is -0.481 e. The lowest BCUT2D eigenvalue weighted by molar-refractivity contribution is 0.398. The van der Waals surface area contributed by atoms with Crippen molar-refractivity contribution in [2.75, 3.05) is 42.3 Å². The van der Waals surface area contributed by atoms with Crippen LogP contribution in [0.4, 0.5) is 23.0 Å². The number of methoxy groups -OCH3 is 1. The number of nitrogen functional groups attached to an aromatic ring is 2. The van der Waals surface area contributed by atoms with Gasteiger partial charge in [-0.1, -0.05) is 0 Å². The number of pyridine rings is 1. The third kappa shape index (κ3) is 4.97. The van der Waals surface area contributed by atoms with Gasteiger partial charge >= 0.3 is 0 Å². The number of anilines is 4. The first kappa shape index (κ1) is 20.9. The Kier molecular flexibility index (Phi) is 8.34. The summed E-state index contributed by atoms with van der Waals surface area (Å²) in [6.45, 7) is 3.16. The molecule has 0 aliphatic rings. The van der Waals surface area contributed by atoms with Crippen LogP contribution >= 0.6 is 24.8 Å². The molecule has 0 saturated heterocycles. The summed E-state index contributed by atoms with van der Waals surface area (Å²) >= 11 is 0. The molecule has 0 radical (unpaired) electrons. The van der Waals surface area contributed by atoms with E-state index >= 15 is 0 Å². The van der Waals surface area contributed by atoms with Gasteiger partial charge in [-0.05, 0) is 13.0 Å². The number of halogens is 2. The molecule has 6 N–H and O–H groups in total. The number of hydrogen-bond donors (Lipinski definition) is 4. The predicted octanol–water partition coefficient (Wildman–Crippen LogP) is 1.66. The molecule has 0 aromatic carbocycles. The summed E-state index contributed by atoms with van der Waals surface area (Å²) in [5, 5.41) is 10.6. The number of aryl methyl sites for hydroxylation is 2. The maximum absolute atomic E-state index is 5.94. The highest BCUT2D eigenvalue weighted by Crippen LogP contribution is 2.21. The normalized spacial score (nSPS) is 9.52. The van der Waals surface area contributed by atoms with Gasteiger partial charge in [0.25, 0.3) is 0 Å². The average Bonchev–Trinajstić information content (AvgIpc) is 2.71. The number of aromatic nitrogens is 3. The number of rotatable bonds is 6. The van der Waals surface area contributed by atoms with Crippen LogP contribution in [0.5, 0.6) is 5.88 Å². The molecular formula is C13H23Cl2N7O.